The summed E-state index contributed by atoms with van der Waals surface area (Å²) in [6.45, 7) is 4.98. The Balaban J connectivity index is 3.37. The van der Waals surface area contributed by atoms with E-state index >= 15 is 0 Å². The summed E-state index contributed by atoms with van der Waals surface area (Å²) < 4.78 is 5.49. The molecule has 2 atom stereocenters. The van der Waals surface area contributed by atoms with Gasteiger partial charge in [-0.3, -0.25) is 9.59 Å². The molecule has 6 nitrogen and oxygen atoms in total. The molecule has 0 aromatic rings. The van der Waals surface area contributed by atoms with Crippen LogP contribution in [0.4, 0.5) is 0 Å². The molecule has 0 saturated heterocycles. The van der Waals surface area contributed by atoms with Crippen LogP contribution in [-0.4, -0.2) is 47.4 Å². The van der Waals surface area contributed by atoms with Crippen molar-refractivity contribution in [2.75, 3.05) is 13.2 Å². The fourth-order valence-electron chi connectivity index (χ4n) is 10.1. The van der Waals surface area contributed by atoms with Gasteiger partial charge >= 0.3 is 5.97 Å². The summed E-state index contributed by atoms with van der Waals surface area (Å²) >= 11 is 0. The summed E-state index contributed by atoms with van der Waals surface area (Å²) in [5.74, 6) is -0.0189. The highest BCUT2D eigenvalue weighted by molar-refractivity contribution is 5.76. The highest BCUT2D eigenvalue weighted by Gasteiger charge is 2.20. The van der Waals surface area contributed by atoms with Crippen molar-refractivity contribution in [2.45, 2.75) is 373 Å². The molecule has 0 spiro atoms. The molecule has 0 heterocycles. The van der Waals surface area contributed by atoms with Crippen LogP contribution >= 0.6 is 0 Å². The molecule has 406 valence electrons. The molecule has 0 aliphatic carbocycles. The third-order valence-electron chi connectivity index (χ3n) is 14.9. The number of hydrogen-bond acceptors (Lipinski definition) is 5. The molecule has 3 N–H and O–H groups in total. The van der Waals surface area contributed by atoms with Gasteiger partial charge < -0.3 is 20.3 Å². The summed E-state index contributed by atoms with van der Waals surface area (Å²) in [5, 5.41) is 23.3. The highest BCUT2D eigenvalue weighted by Crippen LogP contribution is 2.19. The van der Waals surface area contributed by atoms with Crippen LogP contribution in [0.1, 0.15) is 361 Å². The minimum atomic E-state index is -0.664. The van der Waals surface area contributed by atoms with Crippen molar-refractivity contribution in [1.82, 2.24) is 5.32 Å². The van der Waals surface area contributed by atoms with Crippen molar-refractivity contribution in [3.05, 3.63) is 0 Å². The van der Waals surface area contributed by atoms with Crippen LogP contribution in [0.5, 0.6) is 0 Å². The number of esters is 1. The zero-order valence-corrected chi connectivity index (χ0v) is 46.4. The molecule has 0 bridgehead atoms. The van der Waals surface area contributed by atoms with Crippen molar-refractivity contribution < 1.29 is 24.5 Å². The number of rotatable bonds is 59. The molecule has 6 heteroatoms. The van der Waals surface area contributed by atoms with Gasteiger partial charge in [0.2, 0.25) is 5.91 Å². The Labute approximate surface area is 426 Å². The van der Waals surface area contributed by atoms with Crippen LogP contribution in [0.3, 0.4) is 0 Å². The normalized spacial score (nSPS) is 12.5. The lowest BCUT2D eigenvalue weighted by atomic mass is 10.0. The van der Waals surface area contributed by atoms with Crippen molar-refractivity contribution >= 4 is 11.9 Å². The van der Waals surface area contributed by atoms with Crippen molar-refractivity contribution in [3.63, 3.8) is 0 Å². The topological polar surface area (TPSA) is 95.9 Å². The second-order valence-electron chi connectivity index (χ2n) is 21.8. The van der Waals surface area contributed by atoms with E-state index in [0.717, 1.165) is 38.5 Å². The Morgan fingerprint density at radius 1 is 0.353 bits per heavy atom. The third kappa shape index (κ3) is 54.2. The molecule has 0 saturated carbocycles. The summed E-state index contributed by atoms with van der Waals surface area (Å²) in [4.78, 5) is 24.6. The number of nitrogens with one attached hydrogen (secondary N) is 1. The van der Waals surface area contributed by atoms with E-state index in [1.165, 1.54) is 289 Å². The first-order chi connectivity index (χ1) is 33.5. The smallest absolute Gasteiger partial charge is 0.305 e. The van der Waals surface area contributed by atoms with E-state index in [0.29, 0.717) is 25.9 Å². The quantitative estimate of drug-likeness (QED) is 0.0417. The van der Waals surface area contributed by atoms with Crippen LogP contribution < -0.4 is 5.32 Å². The van der Waals surface area contributed by atoms with Gasteiger partial charge in [-0.15, -0.1) is 0 Å². The first kappa shape index (κ1) is 66.9. The number of unbranched alkanes of at least 4 members (excludes halogenated alkanes) is 48. The average Bonchev–Trinajstić information content (AvgIpc) is 3.34. The minimum Gasteiger partial charge on any atom is -0.466 e. The van der Waals surface area contributed by atoms with Gasteiger partial charge in [0.15, 0.2) is 0 Å². The SMILES string of the molecule is CCCCCCCCCCCCCCCCCCCC(O)C(CO)NC(=O)CCCCCCCCCCCCCCCCCCCCCCOC(=O)CCCCCCCCCCCCCCCC. The second-order valence-corrected chi connectivity index (χ2v) is 21.8. The number of aliphatic hydroxyl groups excluding tert-OH is 2. The number of carbonyl (C=O) groups is 2. The second kappa shape index (κ2) is 58.4. The summed E-state index contributed by atoms with van der Waals surface area (Å²) in [5.41, 5.74) is 0. The maximum atomic E-state index is 12.5. The van der Waals surface area contributed by atoms with E-state index < -0.39 is 12.1 Å². The zero-order chi connectivity index (χ0) is 49.3. The van der Waals surface area contributed by atoms with E-state index in [1.54, 1.807) is 0 Å². The average molecular weight is 963 g/mol. The van der Waals surface area contributed by atoms with Gasteiger partial charge in [0.05, 0.1) is 25.4 Å². The molecule has 0 rings (SSSR count). The van der Waals surface area contributed by atoms with Crippen molar-refractivity contribution in [2.24, 2.45) is 0 Å². The summed E-state index contributed by atoms with van der Waals surface area (Å²) in [6.07, 6.45) is 68.2. The van der Waals surface area contributed by atoms with Gasteiger partial charge in [-0.05, 0) is 25.7 Å². The van der Waals surface area contributed by atoms with Crippen molar-refractivity contribution in [1.29, 1.82) is 0 Å². The van der Waals surface area contributed by atoms with Gasteiger partial charge in [0.25, 0.3) is 0 Å². The van der Waals surface area contributed by atoms with Gasteiger partial charge in [0.1, 0.15) is 0 Å². The van der Waals surface area contributed by atoms with Gasteiger partial charge in [0, 0.05) is 12.8 Å². The summed E-state index contributed by atoms with van der Waals surface area (Å²) in [7, 11) is 0. The van der Waals surface area contributed by atoms with E-state index in [2.05, 4.69) is 19.2 Å². The molecule has 0 fully saturated rings. The predicted molar refractivity (Wildman–Crippen MR) is 297 cm³/mol. The number of hydrogen-bond donors (Lipinski definition) is 3. The molecular weight excluding hydrogens is 839 g/mol. The number of aliphatic hydroxyl groups is 2. The molecule has 68 heavy (non-hydrogen) atoms. The van der Waals surface area contributed by atoms with Gasteiger partial charge in [-0.2, -0.15) is 0 Å². The van der Waals surface area contributed by atoms with Crippen LogP contribution in [0, 0.1) is 0 Å². The number of ether oxygens (including phenoxy) is 1. The standard InChI is InChI=1S/C62H123NO5/c1-3-5-7-9-11-13-15-17-19-24-27-30-34-38-42-46-50-54-60(65)59(58-64)63-61(66)55-51-47-43-39-35-31-28-25-22-20-21-23-26-29-33-37-41-45-49-53-57-68-62(67)56-52-48-44-40-36-32-18-16-14-12-10-8-6-4-2/h59-60,64-65H,3-58H2,1-2H3,(H,63,66). The highest BCUT2D eigenvalue weighted by atomic mass is 16.5. The van der Waals surface area contributed by atoms with E-state index in [4.69, 9.17) is 4.74 Å². The fourth-order valence-corrected chi connectivity index (χ4v) is 10.1. The lowest BCUT2D eigenvalue weighted by Crippen LogP contribution is -2.45. The lowest BCUT2D eigenvalue weighted by Gasteiger charge is -2.22. The minimum absolute atomic E-state index is 0.0140. The molecule has 1 amide bonds. The van der Waals surface area contributed by atoms with Crippen LogP contribution in [0.2, 0.25) is 0 Å². The van der Waals surface area contributed by atoms with Crippen LogP contribution in [0.15, 0.2) is 0 Å². The molecule has 0 aliphatic rings. The predicted octanol–water partition coefficient (Wildman–Crippen LogP) is 19.5. The molecule has 2 unspecified atom stereocenters. The van der Waals surface area contributed by atoms with E-state index in [-0.39, 0.29) is 18.5 Å². The van der Waals surface area contributed by atoms with E-state index in [9.17, 15) is 19.8 Å². The zero-order valence-electron chi connectivity index (χ0n) is 46.4. The van der Waals surface area contributed by atoms with Crippen LogP contribution in [-0.2, 0) is 14.3 Å². The maximum absolute atomic E-state index is 12.5. The van der Waals surface area contributed by atoms with E-state index in [1.807, 2.05) is 0 Å². The Morgan fingerprint density at radius 2 is 0.603 bits per heavy atom. The molecule has 0 aliphatic heterocycles. The Morgan fingerprint density at radius 3 is 0.897 bits per heavy atom. The Hall–Kier alpha value is -1.14. The Bertz CT molecular complexity index is 975. The first-order valence-corrected chi connectivity index (χ1v) is 31.3. The molecule has 0 radical (unpaired) electrons. The monoisotopic (exact) mass is 962 g/mol. The molecular formula is C62H123NO5. The Kier molecular flexibility index (Phi) is 57.5. The number of carbonyl (C=O) groups excluding carboxylic acids is 2. The summed E-state index contributed by atoms with van der Waals surface area (Å²) in [6, 6.07) is -0.542. The van der Waals surface area contributed by atoms with Crippen LogP contribution in [0.25, 0.3) is 0 Å². The number of amides is 1. The lowest BCUT2D eigenvalue weighted by molar-refractivity contribution is -0.143. The fraction of sp³-hybridized carbons (Fsp3) is 0.968. The molecule has 0 aromatic heterocycles. The molecule has 0 aromatic carbocycles. The largest absolute Gasteiger partial charge is 0.466 e. The van der Waals surface area contributed by atoms with Gasteiger partial charge in [-0.1, -0.05) is 322 Å². The van der Waals surface area contributed by atoms with Gasteiger partial charge in [-0.25, -0.2) is 0 Å². The third-order valence-corrected chi connectivity index (χ3v) is 14.9. The maximum Gasteiger partial charge on any atom is 0.305 e. The van der Waals surface area contributed by atoms with Crippen molar-refractivity contribution in [3.8, 4) is 0 Å². The first-order valence-electron chi connectivity index (χ1n) is 31.3.